The van der Waals surface area contributed by atoms with Gasteiger partial charge in [-0.25, -0.2) is 0 Å². The van der Waals surface area contributed by atoms with Crippen LogP contribution in [-0.4, -0.2) is 85.7 Å². The maximum Gasteiger partial charge on any atom is 0.233 e. The molecule has 0 radical (unpaired) electrons. The second kappa shape index (κ2) is 12.0. The van der Waals surface area contributed by atoms with Gasteiger partial charge >= 0.3 is 0 Å². The van der Waals surface area contributed by atoms with Crippen LogP contribution >= 0.6 is 0 Å². The van der Waals surface area contributed by atoms with Crippen molar-refractivity contribution in [1.29, 1.82) is 0 Å². The van der Waals surface area contributed by atoms with Gasteiger partial charge in [0.15, 0.2) is 5.96 Å². The highest BCUT2D eigenvalue weighted by Gasteiger charge is 2.21. The number of amides is 1. The number of aliphatic hydroxyl groups excluding tert-OH is 1. The molecule has 2 heterocycles. The molecule has 0 spiro atoms. The van der Waals surface area contributed by atoms with Crippen LogP contribution in [0.15, 0.2) is 29.3 Å². The summed E-state index contributed by atoms with van der Waals surface area (Å²) < 4.78 is 0. The Balaban J connectivity index is 1.38. The lowest BCUT2D eigenvalue weighted by Crippen LogP contribution is -2.49. The van der Waals surface area contributed by atoms with Crippen molar-refractivity contribution in [1.82, 2.24) is 25.8 Å². The number of carbonyl (C=O) groups is 1. The van der Waals surface area contributed by atoms with Crippen LogP contribution in [0.2, 0.25) is 0 Å². The van der Waals surface area contributed by atoms with Gasteiger partial charge in [-0.15, -0.1) is 0 Å². The van der Waals surface area contributed by atoms with Crippen molar-refractivity contribution in [3.8, 4) is 0 Å². The molecule has 0 aliphatic carbocycles. The zero-order chi connectivity index (χ0) is 22.1. The standard InChI is InChI=1S/C23H38N6O2/c1-24-22(31)17-29-11-7-20(8-12-29)27-23(25-2)26-15-18-3-5-19(6-4-18)16-28-13-9-21(30)10-14-28/h3-6,20-21,30H,7-17H2,1-2H3,(H,24,31)(H2,25,26,27). The van der Waals surface area contributed by atoms with Crippen molar-refractivity contribution in [2.75, 3.05) is 46.8 Å². The monoisotopic (exact) mass is 430 g/mol. The number of nitrogens with zero attached hydrogens (tertiary/aromatic N) is 3. The van der Waals surface area contributed by atoms with E-state index < -0.39 is 0 Å². The summed E-state index contributed by atoms with van der Waals surface area (Å²) in [6, 6.07) is 9.11. The Kier molecular flexibility index (Phi) is 9.12. The van der Waals surface area contributed by atoms with Gasteiger partial charge in [-0.1, -0.05) is 24.3 Å². The number of aliphatic hydroxyl groups is 1. The Bertz CT molecular complexity index is 707. The van der Waals surface area contributed by atoms with Gasteiger partial charge in [0.25, 0.3) is 0 Å². The molecule has 0 bridgehead atoms. The number of carbonyl (C=O) groups excluding carboxylic acids is 1. The van der Waals surface area contributed by atoms with Gasteiger partial charge in [-0.3, -0.25) is 19.6 Å². The lowest BCUT2D eigenvalue weighted by atomic mass is 10.1. The lowest BCUT2D eigenvalue weighted by Gasteiger charge is -2.32. The predicted octanol–water partition coefficient (Wildman–Crippen LogP) is 0.519. The Morgan fingerprint density at radius 2 is 1.65 bits per heavy atom. The molecule has 0 unspecified atom stereocenters. The largest absolute Gasteiger partial charge is 0.393 e. The molecule has 172 valence electrons. The van der Waals surface area contributed by atoms with Crippen LogP contribution in [0.5, 0.6) is 0 Å². The number of rotatable bonds is 7. The molecule has 0 aromatic heterocycles. The molecule has 0 saturated carbocycles. The second-order valence-corrected chi connectivity index (χ2v) is 8.62. The highest BCUT2D eigenvalue weighted by Crippen LogP contribution is 2.14. The lowest BCUT2D eigenvalue weighted by molar-refractivity contribution is -0.122. The summed E-state index contributed by atoms with van der Waals surface area (Å²) in [5.74, 6) is 0.894. The number of hydrogen-bond donors (Lipinski definition) is 4. The highest BCUT2D eigenvalue weighted by atomic mass is 16.3. The van der Waals surface area contributed by atoms with Crippen LogP contribution in [-0.2, 0) is 17.9 Å². The number of likely N-dealkylation sites (tertiary alicyclic amines) is 2. The number of piperidine rings is 2. The molecule has 2 saturated heterocycles. The van der Waals surface area contributed by atoms with E-state index in [1.807, 2.05) is 0 Å². The topological polar surface area (TPSA) is 92.2 Å². The van der Waals surface area contributed by atoms with E-state index in [-0.39, 0.29) is 12.0 Å². The molecule has 1 amide bonds. The molecular formula is C23H38N6O2. The van der Waals surface area contributed by atoms with Gasteiger partial charge in [0, 0.05) is 59.4 Å². The van der Waals surface area contributed by atoms with Crippen LogP contribution in [0.4, 0.5) is 0 Å². The van der Waals surface area contributed by atoms with Crippen LogP contribution < -0.4 is 16.0 Å². The van der Waals surface area contributed by atoms with Crippen molar-refractivity contribution >= 4 is 11.9 Å². The van der Waals surface area contributed by atoms with Gasteiger partial charge in [-0.2, -0.15) is 0 Å². The summed E-state index contributed by atoms with van der Waals surface area (Å²) in [6.07, 6.45) is 3.63. The average Bonchev–Trinajstić information content (AvgIpc) is 2.80. The SMILES string of the molecule is CN=C(NCc1ccc(CN2CCC(O)CC2)cc1)NC1CCN(CC(=O)NC)CC1. The number of aliphatic imine (C=N–C) groups is 1. The minimum Gasteiger partial charge on any atom is -0.393 e. The van der Waals surface area contributed by atoms with E-state index in [1.165, 1.54) is 11.1 Å². The van der Waals surface area contributed by atoms with Crippen molar-refractivity contribution in [3.63, 3.8) is 0 Å². The smallest absolute Gasteiger partial charge is 0.233 e. The fourth-order valence-corrected chi connectivity index (χ4v) is 4.19. The number of hydrogen-bond acceptors (Lipinski definition) is 5. The molecule has 2 fully saturated rings. The van der Waals surface area contributed by atoms with Gasteiger partial charge in [0.05, 0.1) is 12.6 Å². The fraction of sp³-hybridized carbons (Fsp3) is 0.652. The number of nitrogens with one attached hydrogen (secondary N) is 3. The minimum absolute atomic E-state index is 0.0737. The van der Waals surface area contributed by atoms with E-state index in [4.69, 9.17) is 0 Å². The Hall–Kier alpha value is -2.16. The van der Waals surface area contributed by atoms with Crippen LogP contribution in [0.3, 0.4) is 0 Å². The molecule has 8 nitrogen and oxygen atoms in total. The first-order valence-corrected chi connectivity index (χ1v) is 11.4. The molecule has 0 atom stereocenters. The van der Waals surface area contributed by atoms with E-state index in [0.29, 0.717) is 12.6 Å². The third-order valence-corrected chi connectivity index (χ3v) is 6.24. The molecule has 1 aromatic carbocycles. The molecular weight excluding hydrogens is 392 g/mol. The number of likely N-dealkylation sites (N-methyl/N-ethyl adjacent to an activating group) is 1. The Labute approximate surface area is 186 Å². The van der Waals surface area contributed by atoms with E-state index >= 15 is 0 Å². The van der Waals surface area contributed by atoms with Crippen molar-refractivity contribution in [3.05, 3.63) is 35.4 Å². The summed E-state index contributed by atoms with van der Waals surface area (Å²) in [4.78, 5) is 20.5. The van der Waals surface area contributed by atoms with Crippen molar-refractivity contribution in [2.45, 2.75) is 50.9 Å². The number of guanidine groups is 1. The summed E-state index contributed by atoms with van der Waals surface area (Å²) >= 11 is 0. The molecule has 8 heteroatoms. The zero-order valence-corrected chi connectivity index (χ0v) is 18.9. The van der Waals surface area contributed by atoms with E-state index in [0.717, 1.165) is 70.9 Å². The van der Waals surface area contributed by atoms with Crippen molar-refractivity contribution in [2.24, 2.45) is 4.99 Å². The van der Waals surface area contributed by atoms with E-state index in [1.54, 1.807) is 14.1 Å². The summed E-state index contributed by atoms with van der Waals surface area (Å²) in [5.41, 5.74) is 2.53. The van der Waals surface area contributed by atoms with E-state index in [2.05, 4.69) is 55.0 Å². The normalized spacial score (nSPS) is 19.9. The predicted molar refractivity (Wildman–Crippen MR) is 124 cm³/mol. The molecule has 2 aliphatic heterocycles. The van der Waals surface area contributed by atoms with Crippen LogP contribution in [0.25, 0.3) is 0 Å². The third-order valence-electron chi connectivity index (χ3n) is 6.24. The average molecular weight is 431 g/mol. The fourth-order valence-electron chi connectivity index (χ4n) is 4.19. The maximum atomic E-state index is 11.5. The molecule has 31 heavy (non-hydrogen) atoms. The van der Waals surface area contributed by atoms with Gasteiger partial charge in [0.1, 0.15) is 0 Å². The summed E-state index contributed by atoms with van der Waals surface area (Å²) in [5, 5.41) is 19.3. The molecule has 4 N–H and O–H groups in total. The summed E-state index contributed by atoms with van der Waals surface area (Å²) in [7, 11) is 3.48. The van der Waals surface area contributed by atoms with Gasteiger partial charge < -0.3 is 21.1 Å². The molecule has 3 rings (SSSR count). The number of benzene rings is 1. The first-order chi connectivity index (χ1) is 15.1. The Morgan fingerprint density at radius 3 is 2.26 bits per heavy atom. The third kappa shape index (κ3) is 7.79. The zero-order valence-electron chi connectivity index (χ0n) is 18.9. The highest BCUT2D eigenvalue weighted by molar-refractivity contribution is 5.80. The van der Waals surface area contributed by atoms with Gasteiger partial charge in [0.2, 0.25) is 5.91 Å². The second-order valence-electron chi connectivity index (χ2n) is 8.62. The minimum atomic E-state index is -0.122. The summed E-state index contributed by atoms with van der Waals surface area (Å²) in [6.45, 7) is 5.92. The molecule has 2 aliphatic rings. The van der Waals surface area contributed by atoms with Crippen molar-refractivity contribution < 1.29 is 9.90 Å². The maximum absolute atomic E-state index is 11.5. The first kappa shape index (κ1) is 23.5. The molecule has 1 aromatic rings. The quantitative estimate of drug-likeness (QED) is 0.372. The first-order valence-electron chi connectivity index (χ1n) is 11.4. The van der Waals surface area contributed by atoms with Crippen LogP contribution in [0, 0.1) is 0 Å². The van der Waals surface area contributed by atoms with E-state index in [9.17, 15) is 9.90 Å². The van der Waals surface area contributed by atoms with Gasteiger partial charge in [-0.05, 0) is 36.8 Å². The van der Waals surface area contributed by atoms with Crippen LogP contribution in [0.1, 0.15) is 36.8 Å². The Morgan fingerprint density at radius 1 is 1.03 bits per heavy atom.